The highest BCUT2D eigenvalue weighted by Gasteiger charge is 2.53. The number of aliphatic hydroxyl groups excluding tert-OH is 1. The highest BCUT2D eigenvalue weighted by molar-refractivity contribution is 5.15. The Hall–Kier alpha value is -0.340. The number of rotatable bonds is 4. The molecule has 2 heteroatoms. The average molecular weight is 321 g/mol. The molecule has 2 fully saturated rings. The molecule has 0 aromatic heterocycles. The summed E-state index contributed by atoms with van der Waals surface area (Å²) < 4.78 is 6.60. The zero-order valence-electron chi connectivity index (χ0n) is 15.6. The van der Waals surface area contributed by atoms with E-state index in [1.165, 1.54) is 44.1 Å². The van der Waals surface area contributed by atoms with Gasteiger partial charge in [0.15, 0.2) is 0 Å². The Morgan fingerprint density at radius 1 is 1.26 bits per heavy atom. The van der Waals surface area contributed by atoms with Gasteiger partial charge in [0.2, 0.25) is 0 Å². The van der Waals surface area contributed by atoms with Crippen LogP contribution in [0.5, 0.6) is 0 Å². The number of allylic oxidation sites excluding steroid dienone is 2. The number of hydrogen-bond donors (Lipinski definition) is 1. The van der Waals surface area contributed by atoms with E-state index in [0.29, 0.717) is 23.7 Å². The lowest BCUT2D eigenvalue weighted by Gasteiger charge is -2.56. The van der Waals surface area contributed by atoms with Crippen molar-refractivity contribution in [2.24, 2.45) is 23.7 Å². The van der Waals surface area contributed by atoms with Gasteiger partial charge < -0.3 is 9.84 Å². The van der Waals surface area contributed by atoms with E-state index >= 15 is 0 Å². The molecule has 1 saturated heterocycles. The van der Waals surface area contributed by atoms with E-state index in [9.17, 15) is 5.11 Å². The smallest absolute Gasteiger partial charge is 0.0664 e. The lowest BCUT2D eigenvalue weighted by Crippen LogP contribution is -2.58. The van der Waals surface area contributed by atoms with Crippen LogP contribution in [0.15, 0.2) is 11.6 Å². The average Bonchev–Trinajstić information content (AvgIpc) is 2.46. The van der Waals surface area contributed by atoms with Gasteiger partial charge in [-0.3, -0.25) is 0 Å². The maximum Gasteiger partial charge on any atom is 0.0664 e. The standard InChI is InChI=1S/C21H36O2/c1-5-6-7-8-15-12-18(22)20-16-11-14(2)9-10-17(16)21(3,4)23-19(20)13-15/h11,15-20,22H,5-10,12-13H2,1-4H3. The first-order chi connectivity index (χ1) is 10.9. The molecule has 0 bridgehead atoms. The van der Waals surface area contributed by atoms with Gasteiger partial charge in [-0.2, -0.15) is 0 Å². The highest BCUT2D eigenvalue weighted by Crippen LogP contribution is 2.52. The minimum Gasteiger partial charge on any atom is -0.393 e. The van der Waals surface area contributed by atoms with Crippen molar-refractivity contribution in [2.45, 2.75) is 96.9 Å². The molecular weight excluding hydrogens is 284 g/mol. The Kier molecular flexibility index (Phi) is 5.23. The van der Waals surface area contributed by atoms with Crippen molar-refractivity contribution in [3.63, 3.8) is 0 Å². The van der Waals surface area contributed by atoms with Crippen LogP contribution in [-0.2, 0) is 4.74 Å². The molecule has 132 valence electrons. The molecule has 0 aromatic rings. The van der Waals surface area contributed by atoms with Gasteiger partial charge in [-0.25, -0.2) is 0 Å². The molecule has 1 saturated carbocycles. The van der Waals surface area contributed by atoms with Gasteiger partial charge in [0.25, 0.3) is 0 Å². The van der Waals surface area contributed by atoms with Crippen molar-refractivity contribution in [1.29, 1.82) is 0 Å². The normalized spacial score (nSPS) is 42.6. The van der Waals surface area contributed by atoms with Gasteiger partial charge in [-0.1, -0.05) is 44.3 Å². The maximum absolute atomic E-state index is 10.9. The van der Waals surface area contributed by atoms with Crippen molar-refractivity contribution >= 4 is 0 Å². The zero-order valence-corrected chi connectivity index (χ0v) is 15.6. The summed E-state index contributed by atoms with van der Waals surface area (Å²) in [4.78, 5) is 0. The summed E-state index contributed by atoms with van der Waals surface area (Å²) in [6.45, 7) is 9.08. The van der Waals surface area contributed by atoms with Crippen molar-refractivity contribution in [1.82, 2.24) is 0 Å². The van der Waals surface area contributed by atoms with Crippen LogP contribution in [0.25, 0.3) is 0 Å². The van der Waals surface area contributed by atoms with Crippen molar-refractivity contribution in [2.75, 3.05) is 0 Å². The van der Waals surface area contributed by atoms with Gasteiger partial charge >= 0.3 is 0 Å². The fourth-order valence-electron chi connectivity index (χ4n) is 5.65. The largest absolute Gasteiger partial charge is 0.393 e. The lowest BCUT2D eigenvalue weighted by atomic mass is 9.59. The van der Waals surface area contributed by atoms with E-state index < -0.39 is 0 Å². The third-order valence-corrected chi connectivity index (χ3v) is 6.81. The van der Waals surface area contributed by atoms with Crippen molar-refractivity contribution in [3.05, 3.63) is 11.6 Å². The molecule has 1 N–H and O–H groups in total. The van der Waals surface area contributed by atoms with Crippen LogP contribution in [0, 0.1) is 23.7 Å². The topological polar surface area (TPSA) is 29.5 Å². The second kappa shape index (κ2) is 6.88. The first-order valence-corrected chi connectivity index (χ1v) is 9.95. The highest BCUT2D eigenvalue weighted by atomic mass is 16.5. The number of aliphatic hydroxyl groups is 1. The van der Waals surface area contributed by atoms with Crippen molar-refractivity contribution < 1.29 is 9.84 Å². The first-order valence-electron chi connectivity index (χ1n) is 9.95. The Bertz CT molecular complexity index is 439. The fourth-order valence-corrected chi connectivity index (χ4v) is 5.65. The van der Waals surface area contributed by atoms with Gasteiger partial charge in [0.1, 0.15) is 0 Å². The van der Waals surface area contributed by atoms with E-state index in [0.717, 1.165) is 12.8 Å². The van der Waals surface area contributed by atoms with E-state index in [4.69, 9.17) is 4.74 Å². The molecule has 6 atom stereocenters. The first kappa shape index (κ1) is 17.5. The van der Waals surface area contributed by atoms with Crippen LogP contribution in [0.2, 0.25) is 0 Å². The zero-order chi connectivity index (χ0) is 16.6. The second-order valence-corrected chi connectivity index (χ2v) is 8.97. The monoisotopic (exact) mass is 320 g/mol. The quantitative estimate of drug-likeness (QED) is 0.576. The third kappa shape index (κ3) is 3.54. The van der Waals surface area contributed by atoms with E-state index in [2.05, 4.69) is 33.8 Å². The number of fused-ring (bicyclic) bond motifs is 3. The number of hydrogen-bond acceptors (Lipinski definition) is 2. The summed E-state index contributed by atoms with van der Waals surface area (Å²) in [5.74, 6) is 2.06. The maximum atomic E-state index is 10.9. The second-order valence-electron chi connectivity index (χ2n) is 8.97. The molecule has 23 heavy (non-hydrogen) atoms. The summed E-state index contributed by atoms with van der Waals surface area (Å²) in [6.07, 6.45) is 12.3. The SMILES string of the molecule is CCCCCC1CC(O)C2C(C1)OC(C)(C)C1CCC(C)=CC21. The third-order valence-electron chi connectivity index (χ3n) is 6.81. The number of unbranched alkanes of at least 4 members (excludes halogenated alkanes) is 2. The molecule has 1 aliphatic heterocycles. The van der Waals surface area contributed by atoms with Crippen molar-refractivity contribution in [3.8, 4) is 0 Å². The molecule has 3 rings (SSSR count). The molecule has 1 heterocycles. The van der Waals surface area contributed by atoms with Crippen LogP contribution in [0.4, 0.5) is 0 Å². The molecule has 2 aliphatic carbocycles. The molecule has 3 aliphatic rings. The minimum absolute atomic E-state index is 0.0476. The van der Waals surface area contributed by atoms with Gasteiger partial charge in [0.05, 0.1) is 17.8 Å². The molecule has 6 unspecified atom stereocenters. The summed E-state index contributed by atoms with van der Waals surface area (Å²) in [7, 11) is 0. The Balaban J connectivity index is 1.76. The van der Waals surface area contributed by atoms with Gasteiger partial charge in [-0.15, -0.1) is 0 Å². The van der Waals surface area contributed by atoms with Crippen LogP contribution in [-0.4, -0.2) is 22.9 Å². The van der Waals surface area contributed by atoms with Gasteiger partial charge in [0, 0.05) is 5.92 Å². The van der Waals surface area contributed by atoms with Crippen LogP contribution < -0.4 is 0 Å². The molecule has 0 amide bonds. The van der Waals surface area contributed by atoms with Crippen LogP contribution in [0.3, 0.4) is 0 Å². The van der Waals surface area contributed by atoms with Crippen LogP contribution in [0.1, 0.15) is 79.1 Å². The summed E-state index contributed by atoms with van der Waals surface area (Å²) in [5, 5.41) is 10.9. The molecule has 2 nitrogen and oxygen atoms in total. The Morgan fingerprint density at radius 3 is 2.78 bits per heavy atom. The van der Waals surface area contributed by atoms with E-state index in [1.807, 2.05) is 0 Å². The predicted molar refractivity (Wildman–Crippen MR) is 95.3 cm³/mol. The molecule has 0 aromatic carbocycles. The Morgan fingerprint density at radius 2 is 2.04 bits per heavy atom. The van der Waals surface area contributed by atoms with Crippen LogP contribution >= 0.6 is 0 Å². The lowest BCUT2D eigenvalue weighted by molar-refractivity contribution is -0.226. The summed E-state index contributed by atoms with van der Waals surface area (Å²) in [5.41, 5.74) is 1.47. The predicted octanol–water partition coefficient (Wildman–Crippen LogP) is 5.10. The molecule has 0 radical (unpaired) electrons. The minimum atomic E-state index is -0.175. The number of ether oxygens (including phenoxy) is 1. The summed E-state index contributed by atoms with van der Waals surface area (Å²) in [6, 6.07) is 0. The Labute approximate surface area is 142 Å². The summed E-state index contributed by atoms with van der Waals surface area (Å²) >= 11 is 0. The van der Waals surface area contributed by atoms with E-state index in [1.54, 1.807) is 0 Å². The van der Waals surface area contributed by atoms with Gasteiger partial charge in [-0.05, 0) is 64.2 Å². The molecule has 0 spiro atoms. The fraction of sp³-hybridized carbons (Fsp3) is 0.905. The molecular formula is C21H36O2. The van der Waals surface area contributed by atoms with E-state index in [-0.39, 0.29) is 17.8 Å².